The molecule has 0 amide bonds. The zero-order valence-electron chi connectivity index (χ0n) is 11.9. The van der Waals surface area contributed by atoms with Gasteiger partial charge >= 0.3 is 0 Å². The lowest BCUT2D eigenvalue weighted by molar-refractivity contribution is 0.475. The lowest BCUT2D eigenvalue weighted by Gasteiger charge is -2.23. The van der Waals surface area contributed by atoms with Gasteiger partial charge in [-0.25, -0.2) is 0 Å². The van der Waals surface area contributed by atoms with Gasteiger partial charge in [0, 0.05) is 20.1 Å². The predicted octanol–water partition coefficient (Wildman–Crippen LogP) is 4.28. The van der Waals surface area contributed by atoms with Gasteiger partial charge in [-0.05, 0) is 36.8 Å². The van der Waals surface area contributed by atoms with Crippen molar-refractivity contribution in [1.29, 1.82) is 0 Å². The van der Waals surface area contributed by atoms with Crippen LogP contribution in [-0.4, -0.2) is 19.2 Å². The van der Waals surface area contributed by atoms with Gasteiger partial charge in [-0.3, -0.25) is 0 Å². The van der Waals surface area contributed by atoms with Crippen LogP contribution in [0.4, 0.5) is 11.4 Å². The van der Waals surface area contributed by atoms with Gasteiger partial charge in [0.15, 0.2) is 0 Å². The van der Waals surface area contributed by atoms with E-state index in [1.54, 1.807) is 12.1 Å². The number of halogens is 1. The summed E-state index contributed by atoms with van der Waals surface area (Å²) in [7, 11) is 3.94. The first-order valence-corrected chi connectivity index (χ1v) is 6.88. The van der Waals surface area contributed by atoms with Gasteiger partial charge in [0.05, 0.1) is 16.4 Å². The highest BCUT2D eigenvalue weighted by Crippen LogP contribution is 2.34. The van der Waals surface area contributed by atoms with E-state index in [2.05, 4.69) is 12.2 Å². The van der Waals surface area contributed by atoms with Crippen molar-refractivity contribution < 1.29 is 5.11 Å². The Kier molecular flexibility index (Phi) is 4.40. The molecular weight excluding hydrogens is 272 g/mol. The molecule has 0 bridgehead atoms. The highest BCUT2D eigenvalue weighted by Gasteiger charge is 2.12. The number of nitrogens with zero attached hydrogens (tertiary/aromatic N) is 1. The van der Waals surface area contributed by atoms with E-state index in [4.69, 9.17) is 11.6 Å². The molecule has 3 nitrogen and oxygen atoms in total. The van der Waals surface area contributed by atoms with E-state index in [0.717, 1.165) is 22.0 Å². The minimum atomic E-state index is 0.118. The highest BCUT2D eigenvalue weighted by molar-refractivity contribution is 6.34. The second kappa shape index (κ2) is 6.06. The number of phenols is 1. The van der Waals surface area contributed by atoms with Gasteiger partial charge < -0.3 is 15.3 Å². The Morgan fingerprint density at radius 3 is 2.35 bits per heavy atom. The highest BCUT2D eigenvalue weighted by atomic mass is 35.5. The molecule has 2 aromatic rings. The number of anilines is 2. The van der Waals surface area contributed by atoms with Crippen molar-refractivity contribution in [1.82, 2.24) is 0 Å². The Morgan fingerprint density at radius 1 is 1.10 bits per heavy atom. The summed E-state index contributed by atoms with van der Waals surface area (Å²) in [5.74, 6) is 0.276. The van der Waals surface area contributed by atoms with Gasteiger partial charge in [-0.2, -0.15) is 0 Å². The first kappa shape index (κ1) is 14.5. The molecule has 0 aliphatic carbocycles. The van der Waals surface area contributed by atoms with Crippen LogP contribution in [0.15, 0.2) is 42.5 Å². The summed E-state index contributed by atoms with van der Waals surface area (Å²) >= 11 is 6.26. The Morgan fingerprint density at radius 2 is 1.75 bits per heavy atom. The van der Waals surface area contributed by atoms with Gasteiger partial charge in [-0.15, -0.1) is 0 Å². The van der Waals surface area contributed by atoms with Gasteiger partial charge in [0.25, 0.3) is 0 Å². The van der Waals surface area contributed by atoms with Crippen molar-refractivity contribution in [2.24, 2.45) is 0 Å². The summed E-state index contributed by atoms with van der Waals surface area (Å²) in [5, 5.41) is 13.5. The van der Waals surface area contributed by atoms with Crippen LogP contribution in [0, 0.1) is 0 Å². The molecule has 0 spiro atoms. The fourth-order valence-corrected chi connectivity index (χ4v) is 2.51. The molecule has 0 saturated carbocycles. The molecule has 0 fully saturated rings. The van der Waals surface area contributed by atoms with E-state index in [-0.39, 0.29) is 11.8 Å². The molecule has 0 saturated heterocycles. The average Bonchev–Trinajstić information content (AvgIpc) is 2.39. The van der Waals surface area contributed by atoms with Crippen molar-refractivity contribution in [2.45, 2.75) is 13.0 Å². The van der Waals surface area contributed by atoms with Crippen LogP contribution < -0.4 is 10.2 Å². The molecule has 0 radical (unpaired) electrons. The molecule has 0 heterocycles. The van der Waals surface area contributed by atoms with Crippen molar-refractivity contribution in [3.05, 3.63) is 53.1 Å². The lowest BCUT2D eigenvalue weighted by atomic mass is 10.1. The Labute approximate surface area is 124 Å². The maximum Gasteiger partial charge on any atom is 0.115 e. The number of benzene rings is 2. The fourth-order valence-electron chi connectivity index (χ4n) is 2.17. The quantitative estimate of drug-likeness (QED) is 0.882. The molecule has 0 aromatic heterocycles. The Hall–Kier alpha value is -1.87. The van der Waals surface area contributed by atoms with Crippen molar-refractivity contribution >= 4 is 23.0 Å². The van der Waals surface area contributed by atoms with E-state index in [9.17, 15) is 5.11 Å². The first-order chi connectivity index (χ1) is 9.49. The van der Waals surface area contributed by atoms with Crippen LogP contribution in [0.5, 0.6) is 5.75 Å². The third kappa shape index (κ3) is 3.17. The molecular formula is C16H19ClN2O. The van der Waals surface area contributed by atoms with Crippen LogP contribution in [0.1, 0.15) is 18.5 Å². The molecule has 2 N–H and O–H groups in total. The van der Waals surface area contributed by atoms with Crippen molar-refractivity contribution in [3.8, 4) is 5.75 Å². The number of hydrogen-bond donors (Lipinski definition) is 2. The SMILES string of the molecule is CC(Nc1cccc(Cl)c1N(C)C)c1ccc(O)cc1. The maximum atomic E-state index is 9.34. The Balaban J connectivity index is 2.26. The van der Waals surface area contributed by atoms with Gasteiger partial charge in [0.1, 0.15) is 5.75 Å². The zero-order valence-corrected chi connectivity index (χ0v) is 12.6. The van der Waals surface area contributed by atoms with E-state index in [1.807, 2.05) is 49.3 Å². The third-order valence-electron chi connectivity index (χ3n) is 3.20. The molecule has 0 aliphatic heterocycles. The summed E-state index contributed by atoms with van der Waals surface area (Å²) in [6, 6.07) is 13.1. The van der Waals surface area contributed by atoms with Crippen LogP contribution >= 0.6 is 11.6 Å². The molecule has 106 valence electrons. The number of aromatic hydroxyl groups is 1. The lowest BCUT2D eigenvalue weighted by Crippen LogP contribution is -2.14. The minimum absolute atomic E-state index is 0.118. The molecule has 2 aromatic carbocycles. The van der Waals surface area contributed by atoms with E-state index >= 15 is 0 Å². The predicted molar refractivity (Wildman–Crippen MR) is 85.9 cm³/mol. The van der Waals surface area contributed by atoms with Crippen LogP contribution in [0.25, 0.3) is 0 Å². The monoisotopic (exact) mass is 290 g/mol. The smallest absolute Gasteiger partial charge is 0.115 e. The van der Waals surface area contributed by atoms with E-state index in [0.29, 0.717) is 0 Å². The second-order valence-corrected chi connectivity index (χ2v) is 5.40. The summed E-state index contributed by atoms with van der Waals surface area (Å²) in [4.78, 5) is 1.99. The number of para-hydroxylation sites is 1. The molecule has 1 atom stereocenters. The number of phenolic OH excluding ortho intramolecular Hbond substituents is 1. The molecule has 1 unspecified atom stereocenters. The molecule has 20 heavy (non-hydrogen) atoms. The average molecular weight is 291 g/mol. The third-order valence-corrected chi connectivity index (χ3v) is 3.50. The largest absolute Gasteiger partial charge is 0.508 e. The number of rotatable bonds is 4. The number of nitrogens with one attached hydrogen (secondary N) is 1. The molecule has 4 heteroatoms. The van der Waals surface area contributed by atoms with Gasteiger partial charge in [-0.1, -0.05) is 29.8 Å². The second-order valence-electron chi connectivity index (χ2n) is 4.99. The van der Waals surface area contributed by atoms with Crippen LogP contribution in [0.3, 0.4) is 0 Å². The Bertz CT molecular complexity index is 582. The number of hydrogen-bond acceptors (Lipinski definition) is 3. The molecule has 0 aliphatic rings. The fraction of sp³-hybridized carbons (Fsp3) is 0.250. The topological polar surface area (TPSA) is 35.5 Å². The summed E-state index contributed by atoms with van der Waals surface area (Å²) in [6.07, 6.45) is 0. The summed E-state index contributed by atoms with van der Waals surface area (Å²) < 4.78 is 0. The normalized spacial score (nSPS) is 12.0. The maximum absolute atomic E-state index is 9.34. The van der Waals surface area contributed by atoms with E-state index in [1.165, 1.54) is 0 Å². The standard InChI is InChI=1S/C16H19ClN2O/c1-11(12-7-9-13(20)10-8-12)18-15-6-4-5-14(17)16(15)19(2)3/h4-11,18,20H,1-3H3. The minimum Gasteiger partial charge on any atom is -0.508 e. The summed E-state index contributed by atoms with van der Waals surface area (Å²) in [5.41, 5.74) is 3.07. The van der Waals surface area contributed by atoms with Crippen LogP contribution in [0.2, 0.25) is 5.02 Å². The van der Waals surface area contributed by atoms with Gasteiger partial charge in [0.2, 0.25) is 0 Å². The van der Waals surface area contributed by atoms with Crippen LogP contribution in [-0.2, 0) is 0 Å². The van der Waals surface area contributed by atoms with E-state index < -0.39 is 0 Å². The van der Waals surface area contributed by atoms with Crippen molar-refractivity contribution in [2.75, 3.05) is 24.3 Å². The first-order valence-electron chi connectivity index (χ1n) is 6.50. The summed E-state index contributed by atoms with van der Waals surface area (Å²) in [6.45, 7) is 2.08. The zero-order chi connectivity index (χ0) is 14.7. The molecule has 2 rings (SSSR count). The van der Waals surface area contributed by atoms with Crippen molar-refractivity contribution in [3.63, 3.8) is 0 Å².